The molecule has 5 heteroatoms. The van der Waals surface area contributed by atoms with E-state index >= 15 is 0 Å². The van der Waals surface area contributed by atoms with Gasteiger partial charge in [-0.15, -0.1) is 0 Å². The van der Waals surface area contributed by atoms with Crippen LogP contribution in [-0.2, 0) is 19.1 Å². The van der Waals surface area contributed by atoms with Crippen molar-refractivity contribution in [2.75, 3.05) is 14.2 Å². The number of carbonyl (C=O) groups excluding carboxylic acids is 2. The molecule has 0 radical (unpaired) electrons. The van der Waals surface area contributed by atoms with Crippen LogP contribution in [0.5, 0.6) is 0 Å². The molecular weight excluding hydrogens is 234 g/mol. The highest BCUT2D eigenvalue weighted by atomic mass is 16.5. The van der Waals surface area contributed by atoms with Crippen molar-refractivity contribution in [3.05, 3.63) is 36.2 Å². The lowest BCUT2D eigenvalue weighted by molar-refractivity contribution is -0.158. The lowest BCUT2D eigenvalue weighted by atomic mass is 10.1. The maximum absolute atomic E-state index is 11.4. The van der Waals surface area contributed by atoms with Crippen LogP contribution >= 0.6 is 0 Å². The summed E-state index contributed by atoms with van der Waals surface area (Å²) >= 11 is 0. The van der Waals surface area contributed by atoms with E-state index in [1.54, 1.807) is 18.3 Å². The fraction of sp³-hybridized carbons (Fsp3) is 0.308. The molecule has 0 aliphatic rings. The molecule has 0 aliphatic carbocycles. The van der Waals surface area contributed by atoms with Gasteiger partial charge in [-0.25, -0.2) is 0 Å². The molecule has 0 aliphatic heterocycles. The minimum absolute atomic E-state index is 0.218. The Hall–Kier alpha value is -2.17. The van der Waals surface area contributed by atoms with Gasteiger partial charge in [-0.2, -0.15) is 0 Å². The molecule has 0 unspecified atom stereocenters. The predicted molar refractivity (Wildman–Crippen MR) is 65.4 cm³/mol. The molecule has 0 saturated heterocycles. The number of allylic oxidation sites excluding steroid dienone is 1. The smallest absolute Gasteiger partial charge is 0.320 e. The molecule has 5 nitrogen and oxygen atoms in total. The van der Waals surface area contributed by atoms with Crippen molar-refractivity contribution in [3.8, 4) is 0 Å². The van der Waals surface area contributed by atoms with Crippen LogP contribution in [0.4, 0.5) is 0 Å². The summed E-state index contributed by atoms with van der Waals surface area (Å²) < 4.78 is 9.10. The summed E-state index contributed by atoms with van der Waals surface area (Å²) in [5.41, 5.74) is 0.756. The summed E-state index contributed by atoms with van der Waals surface area (Å²) in [6.45, 7) is 0. The Morgan fingerprint density at radius 3 is 2.44 bits per heavy atom. The van der Waals surface area contributed by atoms with Gasteiger partial charge in [0.1, 0.15) is 0 Å². The lowest BCUT2D eigenvalue weighted by Crippen LogP contribution is -2.25. The van der Waals surface area contributed by atoms with Gasteiger partial charge in [-0.3, -0.25) is 14.6 Å². The van der Waals surface area contributed by atoms with Crippen LogP contribution in [0.15, 0.2) is 30.5 Å². The topological polar surface area (TPSA) is 65.5 Å². The molecule has 96 valence electrons. The van der Waals surface area contributed by atoms with Crippen LogP contribution in [0.3, 0.4) is 0 Å². The van der Waals surface area contributed by atoms with E-state index in [0.717, 1.165) is 5.69 Å². The normalized spacial score (nSPS) is 10.6. The zero-order valence-electron chi connectivity index (χ0n) is 10.3. The zero-order chi connectivity index (χ0) is 13.4. The van der Waals surface area contributed by atoms with Crippen LogP contribution in [-0.4, -0.2) is 31.1 Å². The van der Waals surface area contributed by atoms with Crippen molar-refractivity contribution < 1.29 is 19.1 Å². The maximum Gasteiger partial charge on any atom is 0.320 e. The van der Waals surface area contributed by atoms with Gasteiger partial charge in [-0.05, 0) is 24.6 Å². The van der Waals surface area contributed by atoms with E-state index in [1.165, 1.54) is 14.2 Å². The maximum atomic E-state index is 11.4. The first-order valence-electron chi connectivity index (χ1n) is 5.42. The summed E-state index contributed by atoms with van der Waals surface area (Å²) in [6.07, 6.45) is 5.31. The summed E-state index contributed by atoms with van der Waals surface area (Å²) in [6, 6.07) is 5.48. The van der Waals surface area contributed by atoms with E-state index in [9.17, 15) is 9.59 Å². The number of rotatable bonds is 5. The molecule has 0 spiro atoms. The second-order valence-electron chi connectivity index (χ2n) is 3.49. The molecule has 0 fully saturated rings. The van der Waals surface area contributed by atoms with Crippen LogP contribution in [0.1, 0.15) is 12.1 Å². The highest BCUT2D eigenvalue weighted by Gasteiger charge is 2.26. The molecule has 0 bridgehead atoms. The molecule has 1 rings (SSSR count). The Morgan fingerprint density at radius 1 is 1.28 bits per heavy atom. The lowest BCUT2D eigenvalue weighted by Gasteiger charge is -2.09. The van der Waals surface area contributed by atoms with Crippen LogP contribution < -0.4 is 0 Å². The highest BCUT2D eigenvalue weighted by Crippen LogP contribution is 2.10. The molecule has 18 heavy (non-hydrogen) atoms. The van der Waals surface area contributed by atoms with Crippen LogP contribution in [0.25, 0.3) is 6.08 Å². The standard InChI is InChI=1S/C13H15NO4/c1-17-12(15)11(13(16)18-2)8-5-7-10-6-3-4-9-14-10/h3-7,9,11H,8H2,1-2H3. The van der Waals surface area contributed by atoms with Crippen molar-refractivity contribution in [3.63, 3.8) is 0 Å². The number of carbonyl (C=O) groups is 2. The van der Waals surface area contributed by atoms with Crippen molar-refractivity contribution in [2.45, 2.75) is 6.42 Å². The Labute approximate surface area is 105 Å². The first-order valence-corrected chi connectivity index (χ1v) is 5.42. The largest absolute Gasteiger partial charge is 0.468 e. The van der Waals surface area contributed by atoms with Crippen molar-refractivity contribution >= 4 is 18.0 Å². The molecule has 1 aromatic rings. The first-order chi connectivity index (χ1) is 8.69. The number of aromatic nitrogens is 1. The van der Waals surface area contributed by atoms with Gasteiger partial charge in [-0.1, -0.05) is 12.1 Å². The zero-order valence-corrected chi connectivity index (χ0v) is 10.3. The number of methoxy groups -OCH3 is 2. The average molecular weight is 249 g/mol. The van der Waals surface area contributed by atoms with Gasteiger partial charge in [0.2, 0.25) is 0 Å². The van der Waals surface area contributed by atoms with Crippen molar-refractivity contribution in [1.82, 2.24) is 4.98 Å². The number of ether oxygens (including phenoxy) is 2. The van der Waals surface area contributed by atoms with Crippen molar-refractivity contribution in [1.29, 1.82) is 0 Å². The third-order valence-electron chi connectivity index (χ3n) is 2.32. The predicted octanol–water partition coefficient (Wildman–Crippen LogP) is 1.45. The first kappa shape index (κ1) is 13.9. The Kier molecular flexibility index (Phi) is 5.57. The van der Waals surface area contributed by atoms with Gasteiger partial charge < -0.3 is 9.47 Å². The molecule has 0 saturated carbocycles. The monoisotopic (exact) mass is 249 g/mol. The second-order valence-corrected chi connectivity index (χ2v) is 3.49. The number of esters is 2. The molecule has 0 N–H and O–H groups in total. The minimum Gasteiger partial charge on any atom is -0.468 e. The second kappa shape index (κ2) is 7.21. The number of nitrogens with zero attached hydrogens (tertiary/aromatic N) is 1. The molecular formula is C13H15NO4. The van der Waals surface area contributed by atoms with Gasteiger partial charge >= 0.3 is 11.9 Å². The molecule has 0 amide bonds. The number of hydrogen-bond donors (Lipinski definition) is 0. The molecule has 0 atom stereocenters. The Morgan fingerprint density at radius 2 is 1.94 bits per heavy atom. The van der Waals surface area contributed by atoms with E-state index in [-0.39, 0.29) is 6.42 Å². The number of pyridine rings is 1. The van der Waals surface area contributed by atoms with Crippen molar-refractivity contribution in [2.24, 2.45) is 5.92 Å². The third-order valence-corrected chi connectivity index (χ3v) is 2.32. The molecule has 1 heterocycles. The van der Waals surface area contributed by atoms with E-state index in [4.69, 9.17) is 0 Å². The van der Waals surface area contributed by atoms with Crippen LogP contribution in [0.2, 0.25) is 0 Å². The van der Waals surface area contributed by atoms with Gasteiger partial charge in [0.25, 0.3) is 0 Å². The minimum atomic E-state index is -0.931. The average Bonchev–Trinajstić information content (AvgIpc) is 2.43. The SMILES string of the molecule is COC(=O)C(CC=Cc1ccccn1)C(=O)OC. The summed E-state index contributed by atoms with van der Waals surface area (Å²) in [7, 11) is 2.47. The van der Waals surface area contributed by atoms with Crippen LogP contribution in [0, 0.1) is 5.92 Å². The molecule has 1 aromatic heterocycles. The summed E-state index contributed by atoms with van der Waals surface area (Å²) in [4.78, 5) is 26.9. The summed E-state index contributed by atoms with van der Waals surface area (Å²) in [5, 5.41) is 0. The van der Waals surface area contributed by atoms with E-state index in [2.05, 4.69) is 14.5 Å². The third kappa shape index (κ3) is 4.01. The Bertz CT molecular complexity index is 412. The van der Waals surface area contributed by atoms with E-state index in [0.29, 0.717) is 0 Å². The van der Waals surface area contributed by atoms with E-state index in [1.807, 2.05) is 18.2 Å². The van der Waals surface area contributed by atoms with Gasteiger partial charge in [0.15, 0.2) is 5.92 Å². The van der Waals surface area contributed by atoms with Gasteiger partial charge in [0.05, 0.1) is 19.9 Å². The van der Waals surface area contributed by atoms with Gasteiger partial charge in [0, 0.05) is 6.20 Å². The molecule has 0 aromatic carbocycles. The Balaban J connectivity index is 2.65. The highest BCUT2D eigenvalue weighted by molar-refractivity contribution is 5.95. The van der Waals surface area contributed by atoms with E-state index < -0.39 is 17.9 Å². The number of hydrogen-bond acceptors (Lipinski definition) is 5. The quantitative estimate of drug-likeness (QED) is 0.583. The fourth-order valence-corrected chi connectivity index (χ4v) is 1.37. The fourth-order valence-electron chi connectivity index (χ4n) is 1.37. The summed E-state index contributed by atoms with van der Waals surface area (Å²) in [5.74, 6) is -2.14.